The summed E-state index contributed by atoms with van der Waals surface area (Å²) < 4.78 is 11.8. The number of amides is 4. The Labute approximate surface area is 321 Å². The van der Waals surface area contributed by atoms with E-state index in [1.165, 1.54) is 26.4 Å². The van der Waals surface area contributed by atoms with E-state index in [0.29, 0.717) is 36.9 Å². The van der Waals surface area contributed by atoms with Crippen molar-refractivity contribution in [3.8, 4) is 5.75 Å². The molecule has 1 aromatic rings. The first-order valence-corrected chi connectivity index (χ1v) is 18.9. The highest BCUT2D eigenvalue weighted by Gasteiger charge is 2.43. The second kappa shape index (κ2) is 21.2. The molecule has 0 bridgehead atoms. The number of nitrogens with zero attached hydrogens (tertiary/aromatic N) is 3. The SMILES string of the molecule is C=C(C)[C@@H](C(=O)N[C@H](C(=O)N(C)[C@@H](C(C)CC)[C@@H](CC(=O)N1CCC[C@H]1[C@H](OC)[C@@H](C)C(=O)NC(Cc1ccc(O)cc1)C(=O)O)OC)C(C)C)N(C)C. The molecule has 0 radical (unpaired) electrons. The van der Waals surface area contributed by atoms with Crippen LogP contribution in [-0.4, -0.2) is 139 Å². The number of hydrogen-bond donors (Lipinski definition) is 4. The number of benzene rings is 1. The lowest BCUT2D eigenvalue weighted by Gasteiger charge is -2.41. The van der Waals surface area contributed by atoms with Gasteiger partial charge in [-0.3, -0.25) is 24.1 Å². The van der Waals surface area contributed by atoms with Crippen LogP contribution in [0.5, 0.6) is 5.75 Å². The Kier molecular flexibility index (Phi) is 18.1. The van der Waals surface area contributed by atoms with Crippen LogP contribution in [0.25, 0.3) is 0 Å². The number of rotatable bonds is 21. The van der Waals surface area contributed by atoms with Crippen molar-refractivity contribution in [1.82, 2.24) is 25.3 Å². The topological polar surface area (TPSA) is 178 Å². The molecular weight excluding hydrogens is 694 g/mol. The summed E-state index contributed by atoms with van der Waals surface area (Å²) in [5.41, 5.74) is 1.28. The van der Waals surface area contributed by atoms with E-state index in [0.717, 1.165) is 0 Å². The minimum Gasteiger partial charge on any atom is -0.508 e. The fraction of sp³-hybridized carbons (Fsp3) is 0.675. The number of aliphatic carboxylic acids is 1. The molecular formula is C40H65N5O9. The minimum absolute atomic E-state index is 0.0157. The molecule has 0 aliphatic carbocycles. The Morgan fingerprint density at radius 2 is 1.59 bits per heavy atom. The summed E-state index contributed by atoms with van der Waals surface area (Å²) in [6.07, 6.45) is 0.522. The van der Waals surface area contributed by atoms with Gasteiger partial charge < -0.3 is 40.1 Å². The normalized spacial score (nSPS) is 18.9. The van der Waals surface area contributed by atoms with Gasteiger partial charge >= 0.3 is 5.97 Å². The van der Waals surface area contributed by atoms with Crippen LogP contribution in [0.4, 0.5) is 0 Å². The van der Waals surface area contributed by atoms with E-state index < -0.39 is 60.2 Å². The van der Waals surface area contributed by atoms with Gasteiger partial charge in [0.05, 0.1) is 36.6 Å². The predicted molar refractivity (Wildman–Crippen MR) is 207 cm³/mol. The number of carbonyl (C=O) groups excluding carboxylic acids is 4. The molecule has 2 unspecified atom stereocenters. The van der Waals surface area contributed by atoms with Crippen molar-refractivity contribution in [1.29, 1.82) is 0 Å². The maximum Gasteiger partial charge on any atom is 0.326 e. The van der Waals surface area contributed by atoms with E-state index >= 15 is 0 Å². The number of hydrogen-bond acceptors (Lipinski definition) is 9. The van der Waals surface area contributed by atoms with E-state index in [1.807, 2.05) is 27.7 Å². The Morgan fingerprint density at radius 3 is 2.07 bits per heavy atom. The van der Waals surface area contributed by atoms with Crippen LogP contribution in [0.15, 0.2) is 36.4 Å². The Morgan fingerprint density at radius 1 is 0.981 bits per heavy atom. The molecule has 1 aromatic carbocycles. The van der Waals surface area contributed by atoms with Crippen molar-refractivity contribution in [2.45, 2.75) is 116 Å². The zero-order valence-electron chi connectivity index (χ0n) is 34.1. The van der Waals surface area contributed by atoms with Crippen molar-refractivity contribution in [3.05, 3.63) is 42.0 Å². The van der Waals surface area contributed by atoms with Crippen LogP contribution in [0.2, 0.25) is 0 Å². The van der Waals surface area contributed by atoms with Crippen LogP contribution in [0.3, 0.4) is 0 Å². The Hall–Kier alpha value is -4.01. The van der Waals surface area contributed by atoms with Gasteiger partial charge in [-0.1, -0.05) is 65.3 Å². The Balaban J connectivity index is 2.28. The summed E-state index contributed by atoms with van der Waals surface area (Å²) >= 11 is 0. The van der Waals surface area contributed by atoms with Gasteiger partial charge in [0.25, 0.3) is 0 Å². The van der Waals surface area contributed by atoms with Gasteiger partial charge in [0, 0.05) is 34.2 Å². The number of likely N-dealkylation sites (N-methyl/N-ethyl adjacent to an activating group) is 2. The summed E-state index contributed by atoms with van der Waals surface area (Å²) in [5, 5.41) is 25.0. The lowest BCUT2D eigenvalue weighted by atomic mass is 9.89. The molecule has 14 nitrogen and oxygen atoms in total. The third-order valence-corrected chi connectivity index (χ3v) is 10.7. The van der Waals surface area contributed by atoms with E-state index in [2.05, 4.69) is 17.2 Å². The molecule has 304 valence electrons. The molecule has 4 N–H and O–H groups in total. The second-order valence-corrected chi connectivity index (χ2v) is 15.3. The number of phenols is 1. The van der Waals surface area contributed by atoms with E-state index in [4.69, 9.17) is 9.47 Å². The first-order valence-electron chi connectivity index (χ1n) is 18.9. The molecule has 2 rings (SSSR count). The van der Waals surface area contributed by atoms with Crippen LogP contribution in [0, 0.1) is 17.8 Å². The summed E-state index contributed by atoms with van der Waals surface area (Å²) in [7, 11) is 8.23. The summed E-state index contributed by atoms with van der Waals surface area (Å²) in [5.74, 6) is -3.60. The number of phenolic OH excluding ortho intramolecular Hbond substituents is 1. The van der Waals surface area contributed by atoms with Gasteiger partial charge in [0.2, 0.25) is 23.6 Å². The molecule has 54 heavy (non-hydrogen) atoms. The standard InChI is InChI=1S/C40H65N5O9/c1-13-25(6)35(44(10)39(50)33(23(2)3)42-38(49)34(24(4)5)43(8)9)31(53-11)22-32(47)45-20-14-15-30(45)36(54-12)26(7)37(48)41-29(40(51)52)21-27-16-18-28(46)19-17-27/h16-19,23,25-26,29-31,33-36,46H,4,13-15,20-22H2,1-3,5-12H3,(H,41,48)(H,42,49)(H,51,52)/t25?,26-,29?,30+,31-,33+,34+,35+,36-/m1/s1. The predicted octanol–water partition coefficient (Wildman–Crippen LogP) is 3.07. The second-order valence-electron chi connectivity index (χ2n) is 15.3. The zero-order chi connectivity index (χ0) is 41.0. The van der Waals surface area contributed by atoms with Gasteiger partial charge in [-0.2, -0.15) is 0 Å². The monoisotopic (exact) mass is 759 g/mol. The summed E-state index contributed by atoms with van der Waals surface area (Å²) in [4.78, 5) is 72.3. The van der Waals surface area contributed by atoms with E-state index in [9.17, 15) is 34.2 Å². The molecule has 1 heterocycles. The third-order valence-electron chi connectivity index (χ3n) is 10.7. The van der Waals surface area contributed by atoms with Gasteiger partial charge in [0.15, 0.2) is 0 Å². The van der Waals surface area contributed by atoms with E-state index in [-0.39, 0.29) is 48.1 Å². The van der Waals surface area contributed by atoms with E-state index in [1.54, 1.807) is 61.8 Å². The molecule has 1 saturated heterocycles. The number of carboxylic acids is 1. The molecule has 9 atom stereocenters. The molecule has 14 heteroatoms. The average molecular weight is 760 g/mol. The van der Waals surface area contributed by atoms with Crippen LogP contribution >= 0.6 is 0 Å². The van der Waals surface area contributed by atoms with Crippen LogP contribution in [-0.2, 0) is 39.9 Å². The highest BCUT2D eigenvalue weighted by atomic mass is 16.5. The number of carboxylic acid groups (broad SMARTS) is 1. The Bertz CT molecular complexity index is 1430. The lowest BCUT2D eigenvalue weighted by Crippen LogP contribution is -2.59. The number of methoxy groups -OCH3 is 2. The maximum absolute atomic E-state index is 14.2. The van der Waals surface area contributed by atoms with Gasteiger partial charge in [-0.25, -0.2) is 4.79 Å². The number of carbonyl (C=O) groups is 5. The van der Waals surface area contributed by atoms with Crippen molar-refractivity contribution < 1.29 is 43.7 Å². The number of nitrogens with one attached hydrogen (secondary N) is 2. The molecule has 0 aromatic heterocycles. The fourth-order valence-corrected chi connectivity index (χ4v) is 7.54. The van der Waals surface area contributed by atoms with Crippen molar-refractivity contribution >= 4 is 29.6 Å². The van der Waals surface area contributed by atoms with Gasteiger partial charge in [-0.15, -0.1) is 0 Å². The molecule has 1 aliphatic rings. The van der Waals surface area contributed by atoms with Crippen LogP contribution in [0.1, 0.15) is 72.8 Å². The van der Waals surface area contributed by atoms with Crippen molar-refractivity contribution in [2.24, 2.45) is 17.8 Å². The third kappa shape index (κ3) is 12.0. The first kappa shape index (κ1) is 46.1. The summed E-state index contributed by atoms with van der Waals surface area (Å²) in [6.45, 7) is 15.6. The minimum atomic E-state index is -1.22. The molecule has 4 amide bonds. The molecule has 0 spiro atoms. The summed E-state index contributed by atoms with van der Waals surface area (Å²) in [6, 6.07) is 2.48. The number of aromatic hydroxyl groups is 1. The van der Waals surface area contributed by atoms with Gasteiger partial charge in [-0.05, 0) is 63.4 Å². The quantitative estimate of drug-likeness (QED) is 0.136. The highest BCUT2D eigenvalue weighted by Crippen LogP contribution is 2.30. The maximum atomic E-state index is 14.2. The smallest absolute Gasteiger partial charge is 0.326 e. The lowest BCUT2D eigenvalue weighted by molar-refractivity contribution is -0.148. The largest absolute Gasteiger partial charge is 0.508 e. The number of likely N-dealkylation sites (tertiary alicyclic amines) is 1. The van der Waals surface area contributed by atoms with Gasteiger partial charge in [0.1, 0.15) is 23.9 Å². The van der Waals surface area contributed by atoms with Crippen molar-refractivity contribution in [2.75, 3.05) is 41.9 Å². The molecule has 1 aliphatic heterocycles. The average Bonchev–Trinajstić information content (AvgIpc) is 3.59. The van der Waals surface area contributed by atoms with Crippen molar-refractivity contribution in [3.63, 3.8) is 0 Å². The number of ether oxygens (including phenoxy) is 2. The van der Waals surface area contributed by atoms with Crippen LogP contribution < -0.4 is 10.6 Å². The highest BCUT2D eigenvalue weighted by molar-refractivity contribution is 5.91. The molecule has 0 saturated carbocycles. The first-order chi connectivity index (χ1) is 25.3. The zero-order valence-corrected chi connectivity index (χ0v) is 34.1. The molecule has 1 fully saturated rings. The fourth-order valence-electron chi connectivity index (χ4n) is 7.54.